The summed E-state index contributed by atoms with van der Waals surface area (Å²) in [5, 5.41) is 10.1. The van der Waals surface area contributed by atoms with E-state index < -0.39 is 24.2 Å². The second-order valence-electron chi connectivity index (χ2n) is 7.87. The lowest BCUT2D eigenvalue weighted by molar-refractivity contribution is -0.173. The summed E-state index contributed by atoms with van der Waals surface area (Å²) in [6, 6.07) is 7.21. The summed E-state index contributed by atoms with van der Waals surface area (Å²) in [6.45, 7) is 1.78. The number of anilines is 2. The van der Waals surface area contributed by atoms with Crippen molar-refractivity contribution in [2.24, 2.45) is 0 Å². The number of rotatable bonds is 5. The molecule has 1 amide bonds. The zero-order valence-corrected chi connectivity index (χ0v) is 19.3. The van der Waals surface area contributed by atoms with E-state index in [0.717, 1.165) is 16.4 Å². The first-order valence-corrected chi connectivity index (χ1v) is 10.7. The van der Waals surface area contributed by atoms with Crippen molar-refractivity contribution in [3.05, 3.63) is 64.3 Å². The number of hydrogen-bond donors (Lipinski definition) is 2. The van der Waals surface area contributed by atoms with Gasteiger partial charge in [0.2, 0.25) is 0 Å². The molecule has 34 heavy (non-hydrogen) atoms. The smallest absolute Gasteiger partial charge is 0.410 e. The monoisotopic (exact) mass is 494 g/mol. The number of alkyl halides is 3. The highest BCUT2D eigenvalue weighted by Gasteiger charge is 2.47. The Bertz CT molecular complexity index is 1230. The Hall–Kier alpha value is -3.40. The molecule has 0 bridgehead atoms. The number of carbonyl (C=O) groups excluding carboxylic acids is 1. The first kappa shape index (κ1) is 23.7. The van der Waals surface area contributed by atoms with E-state index in [-0.39, 0.29) is 17.8 Å². The minimum atomic E-state index is -4.57. The lowest BCUT2D eigenvalue weighted by Gasteiger charge is -2.34. The topological polar surface area (TPSA) is 77.4 Å². The van der Waals surface area contributed by atoms with Crippen molar-refractivity contribution in [3.8, 4) is 11.5 Å². The third kappa shape index (κ3) is 4.50. The van der Waals surface area contributed by atoms with Crippen LogP contribution in [0.1, 0.15) is 40.0 Å². The van der Waals surface area contributed by atoms with Gasteiger partial charge in [0.05, 0.1) is 26.5 Å². The van der Waals surface area contributed by atoms with Gasteiger partial charge in [0.15, 0.2) is 17.5 Å². The Morgan fingerprint density at radius 3 is 2.59 bits per heavy atom. The van der Waals surface area contributed by atoms with Gasteiger partial charge in [-0.25, -0.2) is 4.68 Å². The Morgan fingerprint density at radius 1 is 1.18 bits per heavy atom. The van der Waals surface area contributed by atoms with Gasteiger partial charge in [-0.1, -0.05) is 23.7 Å². The average Bonchev–Trinajstić information content (AvgIpc) is 3.23. The van der Waals surface area contributed by atoms with E-state index in [9.17, 15) is 18.0 Å². The normalized spacial score (nSPS) is 17.5. The van der Waals surface area contributed by atoms with Gasteiger partial charge >= 0.3 is 6.18 Å². The average molecular weight is 495 g/mol. The summed E-state index contributed by atoms with van der Waals surface area (Å²) in [4.78, 5) is 13.0. The molecule has 7 nitrogen and oxygen atoms in total. The van der Waals surface area contributed by atoms with Crippen LogP contribution in [0.25, 0.3) is 0 Å². The molecular formula is C23H22ClF3N4O3. The predicted molar refractivity (Wildman–Crippen MR) is 122 cm³/mol. The van der Waals surface area contributed by atoms with Gasteiger partial charge in [0.1, 0.15) is 11.4 Å². The standard InChI is InChI=1S/C23H22ClF3N4O3/c1-12-4-6-14(24)9-16(12)30-22(32)15-11-28-31-20(23(25,26)27)10-17(29-21(15)31)13-5-7-18(33-2)19(8-13)34-3/h4-9,11,17,20,29H,10H2,1-3H3,(H,30,32)/t17-,20-/m1/s1. The number of carbonyl (C=O) groups is 1. The van der Waals surface area contributed by atoms with Crippen LogP contribution >= 0.6 is 11.6 Å². The fourth-order valence-electron chi connectivity index (χ4n) is 3.94. The maximum atomic E-state index is 14.0. The maximum absolute atomic E-state index is 14.0. The number of aryl methyl sites for hydroxylation is 1. The van der Waals surface area contributed by atoms with E-state index in [1.807, 2.05) is 0 Å². The molecule has 2 aromatic carbocycles. The number of methoxy groups -OCH3 is 2. The molecule has 0 aliphatic carbocycles. The van der Waals surface area contributed by atoms with Crippen LogP contribution in [0.4, 0.5) is 24.7 Å². The molecule has 0 spiro atoms. The molecular weight excluding hydrogens is 473 g/mol. The Morgan fingerprint density at radius 2 is 1.91 bits per heavy atom. The molecule has 1 aliphatic heterocycles. The number of aromatic nitrogens is 2. The molecule has 180 valence electrons. The number of hydrogen-bond acceptors (Lipinski definition) is 5. The number of halogens is 4. The predicted octanol–water partition coefficient (Wildman–Crippen LogP) is 5.77. The Balaban J connectivity index is 1.71. The molecule has 2 N–H and O–H groups in total. The maximum Gasteiger partial charge on any atom is 0.410 e. The number of fused-ring (bicyclic) bond motifs is 1. The van der Waals surface area contributed by atoms with Gasteiger partial charge in [0, 0.05) is 17.1 Å². The molecule has 2 heterocycles. The van der Waals surface area contributed by atoms with Crippen molar-refractivity contribution < 1.29 is 27.4 Å². The number of ether oxygens (including phenoxy) is 2. The quantitative estimate of drug-likeness (QED) is 0.470. The highest BCUT2D eigenvalue weighted by Crippen LogP contribution is 2.45. The fraction of sp³-hybridized carbons (Fsp3) is 0.304. The van der Waals surface area contributed by atoms with E-state index in [1.54, 1.807) is 43.3 Å². The van der Waals surface area contributed by atoms with Crippen LogP contribution in [-0.4, -0.2) is 36.1 Å². The molecule has 0 saturated heterocycles. The van der Waals surface area contributed by atoms with Crippen LogP contribution in [0.3, 0.4) is 0 Å². The summed E-state index contributed by atoms with van der Waals surface area (Å²) in [7, 11) is 2.92. The van der Waals surface area contributed by atoms with Crippen LogP contribution in [0, 0.1) is 6.92 Å². The molecule has 1 aromatic heterocycles. The van der Waals surface area contributed by atoms with Gasteiger partial charge in [-0.3, -0.25) is 4.79 Å². The van der Waals surface area contributed by atoms with E-state index >= 15 is 0 Å². The third-order valence-corrected chi connectivity index (χ3v) is 5.98. The molecule has 11 heteroatoms. The number of nitrogens with zero attached hydrogens (tertiary/aromatic N) is 2. The minimum absolute atomic E-state index is 0.0150. The second kappa shape index (κ2) is 9.09. The molecule has 0 radical (unpaired) electrons. The van der Waals surface area contributed by atoms with Crippen LogP contribution in [0.15, 0.2) is 42.6 Å². The van der Waals surface area contributed by atoms with E-state index in [4.69, 9.17) is 21.1 Å². The van der Waals surface area contributed by atoms with Gasteiger partial charge < -0.3 is 20.1 Å². The van der Waals surface area contributed by atoms with Crippen molar-refractivity contribution >= 4 is 29.0 Å². The zero-order chi connectivity index (χ0) is 24.6. The Kier molecular flexibility index (Phi) is 6.35. The summed E-state index contributed by atoms with van der Waals surface area (Å²) in [5.74, 6) is 0.216. The van der Waals surface area contributed by atoms with Crippen molar-refractivity contribution in [1.29, 1.82) is 0 Å². The molecule has 3 aromatic rings. The van der Waals surface area contributed by atoms with Crippen molar-refractivity contribution in [2.45, 2.75) is 31.6 Å². The van der Waals surface area contributed by atoms with Gasteiger partial charge in [-0.2, -0.15) is 18.3 Å². The SMILES string of the molecule is COc1ccc([C@H]2C[C@H](C(F)(F)F)n3ncc(C(=O)Nc4cc(Cl)ccc4C)c3N2)cc1OC. The van der Waals surface area contributed by atoms with Crippen molar-refractivity contribution in [1.82, 2.24) is 9.78 Å². The summed E-state index contributed by atoms with van der Waals surface area (Å²) in [5.41, 5.74) is 1.75. The molecule has 0 fully saturated rings. The van der Waals surface area contributed by atoms with Crippen LogP contribution in [0.5, 0.6) is 11.5 Å². The third-order valence-electron chi connectivity index (χ3n) is 5.74. The Labute approximate surface area is 198 Å². The van der Waals surface area contributed by atoms with E-state index in [1.165, 1.54) is 14.2 Å². The number of amides is 1. The van der Waals surface area contributed by atoms with Gasteiger partial charge in [-0.15, -0.1) is 0 Å². The fourth-order valence-corrected chi connectivity index (χ4v) is 4.11. The van der Waals surface area contributed by atoms with Gasteiger partial charge in [0.25, 0.3) is 5.91 Å². The lowest BCUT2D eigenvalue weighted by Crippen LogP contribution is -2.36. The number of nitrogens with one attached hydrogen (secondary N) is 2. The molecule has 2 atom stereocenters. The van der Waals surface area contributed by atoms with E-state index in [2.05, 4.69) is 15.7 Å². The minimum Gasteiger partial charge on any atom is -0.493 e. The molecule has 0 unspecified atom stereocenters. The molecule has 1 aliphatic rings. The number of benzene rings is 2. The summed E-state index contributed by atoms with van der Waals surface area (Å²) in [6.07, 6.45) is -3.76. The van der Waals surface area contributed by atoms with Crippen LogP contribution in [-0.2, 0) is 0 Å². The van der Waals surface area contributed by atoms with Crippen LogP contribution < -0.4 is 20.1 Å². The largest absolute Gasteiger partial charge is 0.493 e. The molecule has 4 rings (SSSR count). The highest BCUT2D eigenvalue weighted by atomic mass is 35.5. The summed E-state index contributed by atoms with van der Waals surface area (Å²) < 4.78 is 53.3. The van der Waals surface area contributed by atoms with Crippen molar-refractivity contribution in [2.75, 3.05) is 24.9 Å². The highest BCUT2D eigenvalue weighted by molar-refractivity contribution is 6.31. The first-order chi connectivity index (χ1) is 16.1. The second-order valence-corrected chi connectivity index (χ2v) is 8.31. The zero-order valence-electron chi connectivity index (χ0n) is 18.5. The molecule has 0 saturated carbocycles. The lowest BCUT2D eigenvalue weighted by atomic mass is 9.96. The summed E-state index contributed by atoms with van der Waals surface area (Å²) >= 11 is 6.02. The van der Waals surface area contributed by atoms with Crippen molar-refractivity contribution in [3.63, 3.8) is 0 Å². The van der Waals surface area contributed by atoms with Crippen LogP contribution in [0.2, 0.25) is 5.02 Å². The van der Waals surface area contributed by atoms with E-state index in [0.29, 0.717) is 27.8 Å². The first-order valence-electron chi connectivity index (χ1n) is 10.3. The van der Waals surface area contributed by atoms with Gasteiger partial charge in [-0.05, 0) is 42.3 Å².